The monoisotopic (exact) mass is 382 g/mol. The van der Waals surface area contributed by atoms with Gasteiger partial charge in [0, 0.05) is 32.4 Å². The lowest BCUT2D eigenvalue weighted by molar-refractivity contribution is 0.339. The van der Waals surface area contributed by atoms with E-state index in [9.17, 15) is 0 Å². The fourth-order valence-corrected chi connectivity index (χ4v) is 2.98. The Kier molecular flexibility index (Phi) is 6.49. The quantitative estimate of drug-likeness (QED) is 0.610. The van der Waals surface area contributed by atoms with Gasteiger partial charge in [-0.3, -0.25) is 0 Å². The summed E-state index contributed by atoms with van der Waals surface area (Å²) in [5.41, 5.74) is 3.10. The average Bonchev–Trinajstić information content (AvgIpc) is 2.96. The zero-order valence-electron chi connectivity index (χ0n) is 16.7. The van der Waals surface area contributed by atoms with Gasteiger partial charge < -0.3 is 19.5 Å². The maximum absolute atomic E-state index is 5.85. The van der Waals surface area contributed by atoms with Crippen LogP contribution in [0, 0.1) is 6.92 Å². The number of aryl methyl sites for hydroxylation is 2. The molecule has 7 heteroatoms. The SMILES string of the molecule is CCOc1ccc(Oc2cc(CNCc3c(C)nn(C)c3OC)ccn2)cc1. The maximum Gasteiger partial charge on any atom is 0.219 e. The molecule has 0 unspecified atom stereocenters. The van der Waals surface area contributed by atoms with Crippen LogP contribution in [0.4, 0.5) is 0 Å². The summed E-state index contributed by atoms with van der Waals surface area (Å²) in [6.45, 7) is 5.93. The molecular weight excluding hydrogens is 356 g/mol. The molecule has 0 fully saturated rings. The molecule has 7 nitrogen and oxygen atoms in total. The third-order valence-electron chi connectivity index (χ3n) is 4.27. The highest BCUT2D eigenvalue weighted by molar-refractivity contribution is 5.34. The van der Waals surface area contributed by atoms with Crippen molar-refractivity contribution in [1.82, 2.24) is 20.1 Å². The second kappa shape index (κ2) is 9.23. The molecule has 2 heterocycles. The Balaban J connectivity index is 1.59. The van der Waals surface area contributed by atoms with Crippen LogP contribution in [0.2, 0.25) is 0 Å². The van der Waals surface area contributed by atoms with Crippen molar-refractivity contribution < 1.29 is 14.2 Å². The number of ether oxygens (including phenoxy) is 3. The molecule has 0 spiro atoms. The Hall–Kier alpha value is -3.06. The second-order valence-corrected chi connectivity index (χ2v) is 6.31. The van der Waals surface area contributed by atoms with E-state index in [1.807, 2.05) is 57.3 Å². The summed E-state index contributed by atoms with van der Waals surface area (Å²) >= 11 is 0. The highest BCUT2D eigenvalue weighted by atomic mass is 16.5. The van der Waals surface area contributed by atoms with Gasteiger partial charge >= 0.3 is 0 Å². The minimum atomic E-state index is 0.554. The Bertz CT molecular complexity index is 907. The zero-order valence-corrected chi connectivity index (χ0v) is 16.7. The molecule has 0 amide bonds. The van der Waals surface area contributed by atoms with Crippen molar-refractivity contribution in [3.63, 3.8) is 0 Å². The third-order valence-corrected chi connectivity index (χ3v) is 4.27. The smallest absolute Gasteiger partial charge is 0.219 e. The lowest BCUT2D eigenvalue weighted by atomic mass is 10.2. The number of benzene rings is 1. The molecule has 148 valence electrons. The van der Waals surface area contributed by atoms with Crippen LogP contribution >= 0.6 is 0 Å². The predicted octanol–water partition coefficient (Wildman–Crippen LogP) is 3.61. The molecule has 3 rings (SSSR count). The van der Waals surface area contributed by atoms with Crippen molar-refractivity contribution in [2.45, 2.75) is 26.9 Å². The van der Waals surface area contributed by atoms with Gasteiger partial charge in [0.1, 0.15) is 11.5 Å². The topological polar surface area (TPSA) is 70.4 Å². The minimum absolute atomic E-state index is 0.554. The van der Waals surface area contributed by atoms with Gasteiger partial charge in [-0.25, -0.2) is 9.67 Å². The molecule has 0 atom stereocenters. The predicted molar refractivity (Wildman–Crippen MR) is 107 cm³/mol. The van der Waals surface area contributed by atoms with Crippen LogP contribution in [0.15, 0.2) is 42.6 Å². The number of hydrogen-bond acceptors (Lipinski definition) is 6. The van der Waals surface area contributed by atoms with Gasteiger partial charge in [0.05, 0.1) is 25.0 Å². The number of rotatable bonds is 9. The summed E-state index contributed by atoms with van der Waals surface area (Å²) in [4.78, 5) is 4.29. The van der Waals surface area contributed by atoms with E-state index in [2.05, 4.69) is 15.4 Å². The number of hydrogen-bond donors (Lipinski definition) is 1. The first-order valence-corrected chi connectivity index (χ1v) is 9.23. The molecule has 0 aliphatic rings. The number of nitrogens with one attached hydrogen (secondary N) is 1. The van der Waals surface area contributed by atoms with Crippen molar-refractivity contribution in [2.24, 2.45) is 7.05 Å². The Labute approximate surface area is 165 Å². The van der Waals surface area contributed by atoms with Gasteiger partial charge in [-0.1, -0.05) is 0 Å². The van der Waals surface area contributed by atoms with Crippen LogP contribution in [0.5, 0.6) is 23.3 Å². The van der Waals surface area contributed by atoms with Crippen LogP contribution in [-0.4, -0.2) is 28.5 Å². The first-order chi connectivity index (χ1) is 13.6. The fraction of sp³-hybridized carbons (Fsp3) is 0.333. The van der Waals surface area contributed by atoms with E-state index in [4.69, 9.17) is 14.2 Å². The normalized spacial score (nSPS) is 10.7. The molecule has 0 aliphatic carbocycles. The van der Waals surface area contributed by atoms with Crippen LogP contribution < -0.4 is 19.5 Å². The van der Waals surface area contributed by atoms with Crippen molar-refractivity contribution in [1.29, 1.82) is 0 Å². The number of methoxy groups -OCH3 is 1. The third kappa shape index (κ3) is 4.80. The largest absolute Gasteiger partial charge is 0.494 e. The first kappa shape index (κ1) is 19.7. The van der Waals surface area contributed by atoms with Crippen molar-refractivity contribution in [3.05, 3.63) is 59.4 Å². The summed E-state index contributed by atoms with van der Waals surface area (Å²) in [6, 6.07) is 11.4. The summed E-state index contributed by atoms with van der Waals surface area (Å²) in [7, 11) is 3.54. The molecule has 2 aromatic heterocycles. The standard InChI is InChI=1S/C21H26N4O3/c1-5-27-17-6-8-18(9-7-17)28-20-12-16(10-11-23-20)13-22-14-19-15(2)24-25(3)21(19)26-4/h6-12,22H,5,13-14H2,1-4H3. The van der Waals surface area contributed by atoms with E-state index in [-0.39, 0.29) is 0 Å². The van der Waals surface area contributed by atoms with Crippen molar-refractivity contribution in [3.8, 4) is 23.3 Å². The van der Waals surface area contributed by atoms with E-state index in [1.54, 1.807) is 18.0 Å². The van der Waals surface area contributed by atoms with Crippen LogP contribution in [-0.2, 0) is 20.1 Å². The summed E-state index contributed by atoms with van der Waals surface area (Å²) in [5, 5.41) is 7.83. The molecule has 0 saturated heterocycles. The molecule has 3 aromatic rings. The van der Waals surface area contributed by atoms with Crippen LogP contribution in [0.1, 0.15) is 23.7 Å². The Morgan fingerprint density at radius 3 is 2.54 bits per heavy atom. The average molecular weight is 382 g/mol. The van der Waals surface area contributed by atoms with Gasteiger partial charge in [0.2, 0.25) is 11.8 Å². The molecule has 28 heavy (non-hydrogen) atoms. The molecule has 0 bridgehead atoms. The van der Waals surface area contributed by atoms with Gasteiger partial charge in [-0.15, -0.1) is 0 Å². The van der Waals surface area contributed by atoms with Gasteiger partial charge in [0.25, 0.3) is 0 Å². The molecule has 0 radical (unpaired) electrons. The number of pyridine rings is 1. The summed E-state index contributed by atoms with van der Waals surface area (Å²) < 4.78 is 18.5. The van der Waals surface area contributed by atoms with Gasteiger partial charge in [0.15, 0.2) is 0 Å². The minimum Gasteiger partial charge on any atom is -0.494 e. The first-order valence-electron chi connectivity index (χ1n) is 9.23. The fourth-order valence-electron chi connectivity index (χ4n) is 2.98. The van der Waals surface area contributed by atoms with E-state index >= 15 is 0 Å². The Morgan fingerprint density at radius 1 is 1.07 bits per heavy atom. The van der Waals surface area contributed by atoms with Crippen molar-refractivity contribution >= 4 is 0 Å². The lowest BCUT2D eigenvalue weighted by Gasteiger charge is -2.09. The summed E-state index contributed by atoms with van der Waals surface area (Å²) in [6.07, 6.45) is 1.75. The number of nitrogens with zero attached hydrogens (tertiary/aromatic N) is 3. The molecule has 1 aromatic carbocycles. The zero-order chi connectivity index (χ0) is 19.9. The molecular formula is C21H26N4O3. The van der Waals surface area contributed by atoms with Gasteiger partial charge in [-0.05, 0) is 49.7 Å². The van der Waals surface area contributed by atoms with Gasteiger partial charge in [-0.2, -0.15) is 5.10 Å². The van der Waals surface area contributed by atoms with Crippen molar-refractivity contribution in [2.75, 3.05) is 13.7 Å². The van der Waals surface area contributed by atoms with Crippen LogP contribution in [0.25, 0.3) is 0 Å². The van der Waals surface area contributed by atoms with E-state index < -0.39 is 0 Å². The van der Waals surface area contributed by atoms with E-state index in [0.29, 0.717) is 25.6 Å². The summed E-state index contributed by atoms with van der Waals surface area (Å²) in [5.74, 6) is 2.87. The van der Waals surface area contributed by atoms with E-state index in [0.717, 1.165) is 34.2 Å². The lowest BCUT2D eigenvalue weighted by Crippen LogP contribution is -2.14. The highest BCUT2D eigenvalue weighted by Gasteiger charge is 2.13. The molecule has 1 N–H and O–H groups in total. The highest BCUT2D eigenvalue weighted by Crippen LogP contribution is 2.23. The molecule has 0 saturated carbocycles. The maximum atomic E-state index is 5.85. The second-order valence-electron chi connectivity index (χ2n) is 6.31. The Morgan fingerprint density at radius 2 is 1.82 bits per heavy atom. The number of aromatic nitrogens is 3. The molecule has 0 aliphatic heterocycles. The van der Waals surface area contributed by atoms with Crippen LogP contribution in [0.3, 0.4) is 0 Å². The van der Waals surface area contributed by atoms with E-state index in [1.165, 1.54) is 0 Å².